The maximum Gasteiger partial charge on any atom is 0.136 e. The fourth-order valence-electron chi connectivity index (χ4n) is 1.56. The number of fused-ring (bicyclic) bond motifs is 1. The van der Waals surface area contributed by atoms with Crippen LogP contribution in [0.1, 0.15) is 5.56 Å². The van der Waals surface area contributed by atoms with Crippen molar-refractivity contribution >= 4 is 21.4 Å². The first-order valence-corrected chi connectivity index (χ1v) is 5.38. The Balaban J connectivity index is 2.57. The Morgan fingerprint density at radius 2 is 2.29 bits per heavy atom. The van der Waals surface area contributed by atoms with Gasteiger partial charge in [-0.2, -0.15) is 0 Å². The quantitative estimate of drug-likeness (QED) is 0.839. The average Bonchev–Trinajstić information content (AvgIpc) is 2.62. The van der Waals surface area contributed by atoms with Crippen LogP contribution in [-0.2, 0) is 6.42 Å². The molecule has 0 bridgehead atoms. The molecule has 1 N–H and O–H groups in total. The van der Waals surface area contributed by atoms with Crippen molar-refractivity contribution in [3.63, 3.8) is 0 Å². The van der Waals surface area contributed by atoms with Crippen LogP contribution in [0, 0.1) is 0 Å². The van der Waals surface area contributed by atoms with Crippen LogP contribution < -0.4 is 4.74 Å². The van der Waals surface area contributed by atoms with Crippen molar-refractivity contribution in [1.29, 1.82) is 0 Å². The molecule has 0 atom stereocenters. The first-order valence-electron chi connectivity index (χ1n) is 4.50. The molecule has 0 saturated carbocycles. The molecule has 0 amide bonds. The summed E-state index contributed by atoms with van der Waals surface area (Å²) >= 11 is 1.67. The molecule has 0 radical (unpaired) electrons. The summed E-state index contributed by atoms with van der Waals surface area (Å²) in [7, 11) is 1.68. The molecule has 14 heavy (non-hydrogen) atoms. The molecule has 1 heterocycles. The zero-order chi connectivity index (χ0) is 9.97. The van der Waals surface area contributed by atoms with E-state index in [0.29, 0.717) is 6.42 Å². The number of hydrogen-bond donors (Lipinski definition) is 1. The zero-order valence-corrected chi connectivity index (χ0v) is 8.80. The topological polar surface area (TPSA) is 29.5 Å². The number of hydrogen-bond acceptors (Lipinski definition) is 3. The van der Waals surface area contributed by atoms with Gasteiger partial charge >= 0.3 is 0 Å². The lowest BCUT2D eigenvalue weighted by Crippen LogP contribution is -1.88. The van der Waals surface area contributed by atoms with Gasteiger partial charge in [0.2, 0.25) is 0 Å². The van der Waals surface area contributed by atoms with Gasteiger partial charge in [-0.25, -0.2) is 0 Å². The van der Waals surface area contributed by atoms with Crippen molar-refractivity contribution in [1.82, 2.24) is 0 Å². The Labute approximate surface area is 86.8 Å². The number of ether oxygens (including phenoxy) is 1. The normalized spacial score (nSPS) is 10.7. The Hall–Kier alpha value is -1.06. The first kappa shape index (κ1) is 9.49. The van der Waals surface area contributed by atoms with E-state index < -0.39 is 0 Å². The summed E-state index contributed by atoms with van der Waals surface area (Å²) in [5.74, 6) is 0.914. The van der Waals surface area contributed by atoms with Gasteiger partial charge in [0.15, 0.2) is 0 Å². The monoisotopic (exact) mass is 208 g/mol. The third kappa shape index (κ3) is 1.49. The summed E-state index contributed by atoms with van der Waals surface area (Å²) in [5.41, 5.74) is 1.20. The number of aliphatic hydroxyl groups is 1. The molecule has 1 aromatic carbocycles. The summed E-state index contributed by atoms with van der Waals surface area (Å²) < 4.78 is 6.43. The minimum Gasteiger partial charge on any atom is -0.495 e. The molecule has 0 aliphatic rings. The van der Waals surface area contributed by atoms with E-state index >= 15 is 0 Å². The van der Waals surface area contributed by atoms with Gasteiger partial charge in [0.05, 0.1) is 11.8 Å². The van der Waals surface area contributed by atoms with Gasteiger partial charge in [-0.1, -0.05) is 12.1 Å². The zero-order valence-electron chi connectivity index (χ0n) is 7.99. The Bertz CT molecular complexity index is 434. The highest BCUT2D eigenvalue weighted by Crippen LogP contribution is 2.33. The van der Waals surface area contributed by atoms with Gasteiger partial charge in [0, 0.05) is 6.61 Å². The van der Waals surface area contributed by atoms with Crippen LogP contribution >= 0.6 is 11.3 Å². The highest BCUT2D eigenvalue weighted by atomic mass is 32.1. The third-order valence-corrected chi connectivity index (χ3v) is 3.30. The van der Waals surface area contributed by atoms with Crippen LogP contribution in [0.15, 0.2) is 23.6 Å². The van der Waals surface area contributed by atoms with Gasteiger partial charge in [0.25, 0.3) is 0 Å². The minimum absolute atomic E-state index is 0.197. The molecular formula is C11H12O2S. The largest absolute Gasteiger partial charge is 0.495 e. The molecule has 1 aromatic heterocycles. The van der Waals surface area contributed by atoms with E-state index in [1.807, 2.05) is 12.1 Å². The number of benzene rings is 1. The summed E-state index contributed by atoms with van der Waals surface area (Å²) in [4.78, 5) is 0. The Morgan fingerprint density at radius 1 is 1.43 bits per heavy atom. The van der Waals surface area contributed by atoms with Crippen LogP contribution in [0.3, 0.4) is 0 Å². The Morgan fingerprint density at radius 3 is 3.00 bits per heavy atom. The highest BCUT2D eigenvalue weighted by Gasteiger charge is 2.06. The minimum atomic E-state index is 0.197. The van der Waals surface area contributed by atoms with E-state index in [-0.39, 0.29) is 6.61 Å². The van der Waals surface area contributed by atoms with Crippen LogP contribution in [-0.4, -0.2) is 18.8 Å². The number of aliphatic hydroxyl groups excluding tert-OH is 1. The lowest BCUT2D eigenvalue weighted by atomic mass is 10.1. The summed E-state index contributed by atoms with van der Waals surface area (Å²) in [5, 5.41) is 12.2. The van der Waals surface area contributed by atoms with Crippen LogP contribution in [0.5, 0.6) is 5.75 Å². The molecule has 0 fully saturated rings. The second-order valence-electron chi connectivity index (χ2n) is 3.07. The molecule has 0 aliphatic carbocycles. The Kier molecular flexibility index (Phi) is 2.70. The molecule has 74 valence electrons. The lowest BCUT2D eigenvalue weighted by molar-refractivity contribution is 0.300. The molecule has 0 saturated heterocycles. The fraction of sp³-hybridized carbons (Fsp3) is 0.273. The molecule has 2 nitrogen and oxygen atoms in total. The van der Waals surface area contributed by atoms with Gasteiger partial charge in [-0.3, -0.25) is 0 Å². The fourth-order valence-corrected chi connectivity index (χ4v) is 2.66. The molecule has 3 heteroatoms. The second-order valence-corrected chi connectivity index (χ2v) is 3.95. The van der Waals surface area contributed by atoms with Gasteiger partial charge in [0.1, 0.15) is 5.75 Å². The predicted molar refractivity (Wildman–Crippen MR) is 59.2 cm³/mol. The van der Waals surface area contributed by atoms with Crippen LogP contribution in [0.2, 0.25) is 0 Å². The van der Waals surface area contributed by atoms with Crippen molar-refractivity contribution in [3.8, 4) is 5.75 Å². The molecule has 0 spiro atoms. The predicted octanol–water partition coefficient (Wildman–Crippen LogP) is 2.44. The van der Waals surface area contributed by atoms with E-state index in [9.17, 15) is 0 Å². The molecule has 2 aromatic rings. The number of rotatable bonds is 3. The maximum atomic E-state index is 8.90. The average molecular weight is 208 g/mol. The number of methoxy groups -OCH3 is 1. The van der Waals surface area contributed by atoms with Crippen LogP contribution in [0.4, 0.5) is 0 Å². The van der Waals surface area contributed by atoms with E-state index in [2.05, 4.69) is 11.4 Å². The molecule has 2 rings (SSSR count). The molecule has 0 aliphatic heterocycles. The third-order valence-electron chi connectivity index (χ3n) is 2.24. The molecular weight excluding hydrogens is 196 g/mol. The van der Waals surface area contributed by atoms with Crippen molar-refractivity contribution < 1.29 is 9.84 Å². The van der Waals surface area contributed by atoms with Crippen molar-refractivity contribution in [3.05, 3.63) is 29.1 Å². The van der Waals surface area contributed by atoms with Crippen molar-refractivity contribution in [2.24, 2.45) is 0 Å². The van der Waals surface area contributed by atoms with Crippen molar-refractivity contribution in [2.45, 2.75) is 6.42 Å². The lowest BCUT2D eigenvalue weighted by Gasteiger charge is -2.01. The standard InChI is InChI=1S/C11H12O2S/c1-13-10-4-2-3-9-8(5-6-12)7-14-11(9)10/h2-4,7,12H,5-6H2,1H3. The van der Waals surface area contributed by atoms with E-state index in [1.54, 1.807) is 18.4 Å². The number of thiophene rings is 1. The smallest absolute Gasteiger partial charge is 0.136 e. The van der Waals surface area contributed by atoms with Crippen molar-refractivity contribution in [2.75, 3.05) is 13.7 Å². The van der Waals surface area contributed by atoms with Gasteiger partial charge in [-0.15, -0.1) is 11.3 Å². The van der Waals surface area contributed by atoms with E-state index in [1.165, 1.54) is 15.6 Å². The summed E-state index contributed by atoms with van der Waals surface area (Å²) in [6.45, 7) is 0.197. The highest BCUT2D eigenvalue weighted by molar-refractivity contribution is 7.17. The van der Waals surface area contributed by atoms with Gasteiger partial charge in [-0.05, 0) is 28.8 Å². The van der Waals surface area contributed by atoms with E-state index in [4.69, 9.17) is 9.84 Å². The molecule has 0 unspecified atom stereocenters. The van der Waals surface area contributed by atoms with Crippen LogP contribution in [0.25, 0.3) is 10.1 Å². The second kappa shape index (κ2) is 3.98. The SMILES string of the molecule is COc1cccc2c(CCO)csc12. The maximum absolute atomic E-state index is 8.90. The van der Waals surface area contributed by atoms with Gasteiger partial charge < -0.3 is 9.84 Å². The van der Waals surface area contributed by atoms with E-state index in [0.717, 1.165) is 5.75 Å². The first-order chi connectivity index (χ1) is 6.86. The summed E-state index contributed by atoms with van der Waals surface area (Å²) in [6.07, 6.45) is 0.715. The summed E-state index contributed by atoms with van der Waals surface area (Å²) in [6, 6.07) is 6.01.